The predicted octanol–water partition coefficient (Wildman–Crippen LogP) is 4.21. The number of amides is 1. The number of tetrazole rings is 1. The van der Waals surface area contributed by atoms with Gasteiger partial charge in [-0.15, -0.1) is 10.2 Å². The number of rotatable bonds is 9. The van der Waals surface area contributed by atoms with Gasteiger partial charge >= 0.3 is 5.97 Å². The zero-order valence-electron chi connectivity index (χ0n) is 18.2. The van der Waals surface area contributed by atoms with Crippen LogP contribution in [0.2, 0.25) is 0 Å². The summed E-state index contributed by atoms with van der Waals surface area (Å²) in [5.74, 6) is 0.312. The van der Waals surface area contributed by atoms with E-state index < -0.39 is 5.97 Å². The lowest BCUT2D eigenvalue weighted by atomic mass is 10.2. The van der Waals surface area contributed by atoms with Crippen molar-refractivity contribution in [1.82, 2.24) is 20.6 Å². The van der Waals surface area contributed by atoms with Gasteiger partial charge in [0.25, 0.3) is 5.91 Å². The number of aromatic amines is 1. The molecule has 0 aliphatic heterocycles. The minimum Gasteiger partial charge on any atom is -0.482 e. The summed E-state index contributed by atoms with van der Waals surface area (Å²) in [5, 5.41) is 16.9. The fourth-order valence-electron chi connectivity index (χ4n) is 2.98. The molecule has 2 N–H and O–H groups in total. The molecule has 0 spiro atoms. The molecule has 1 heterocycles. The van der Waals surface area contributed by atoms with Gasteiger partial charge in [0.05, 0.1) is 12.3 Å². The topological polar surface area (TPSA) is 119 Å². The van der Waals surface area contributed by atoms with Crippen LogP contribution in [0.25, 0.3) is 11.4 Å². The molecule has 172 valence electrons. The van der Waals surface area contributed by atoms with Crippen molar-refractivity contribution in [2.24, 2.45) is 0 Å². The number of nitrogens with one attached hydrogen (secondary N) is 2. The number of H-pyrrole nitrogens is 1. The number of ether oxygens (including phenoxy) is 2. The van der Waals surface area contributed by atoms with E-state index in [1.807, 2.05) is 48.5 Å². The van der Waals surface area contributed by atoms with Crippen molar-refractivity contribution in [1.29, 1.82) is 0 Å². The molecule has 0 fully saturated rings. The first-order chi connectivity index (χ1) is 16.6. The molecule has 4 rings (SSSR count). The Morgan fingerprint density at radius 3 is 2.47 bits per heavy atom. The Hall–Kier alpha value is -4.18. The average Bonchev–Trinajstić information content (AvgIpc) is 3.40. The van der Waals surface area contributed by atoms with E-state index in [1.165, 1.54) is 11.8 Å². The normalized spacial score (nSPS) is 10.5. The molecule has 4 aromatic rings. The maximum atomic E-state index is 12.8. The third-order valence-corrected chi connectivity index (χ3v) is 5.68. The number of anilines is 1. The van der Waals surface area contributed by atoms with Gasteiger partial charge in [0.2, 0.25) is 5.82 Å². The first kappa shape index (κ1) is 23.0. The predicted molar refractivity (Wildman–Crippen MR) is 127 cm³/mol. The Bertz CT molecular complexity index is 1250. The van der Waals surface area contributed by atoms with E-state index in [1.54, 1.807) is 31.2 Å². The monoisotopic (exact) mass is 475 g/mol. The van der Waals surface area contributed by atoms with E-state index >= 15 is 0 Å². The Morgan fingerprint density at radius 1 is 1.00 bits per heavy atom. The second-order valence-corrected chi connectivity index (χ2v) is 8.05. The molecule has 1 amide bonds. The fraction of sp³-hybridized carbons (Fsp3) is 0.125. The van der Waals surface area contributed by atoms with Crippen molar-refractivity contribution < 1.29 is 19.1 Å². The van der Waals surface area contributed by atoms with E-state index in [2.05, 4.69) is 25.9 Å². The fourth-order valence-corrected chi connectivity index (χ4v) is 3.89. The highest BCUT2D eigenvalue weighted by molar-refractivity contribution is 7.99. The van der Waals surface area contributed by atoms with Gasteiger partial charge in [0.15, 0.2) is 6.61 Å². The van der Waals surface area contributed by atoms with Crippen molar-refractivity contribution in [3.8, 4) is 17.1 Å². The quantitative estimate of drug-likeness (QED) is 0.346. The third-order valence-electron chi connectivity index (χ3n) is 4.60. The molecule has 3 aromatic carbocycles. The molecular weight excluding hydrogens is 454 g/mol. The number of hydrogen-bond donors (Lipinski definition) is 2. The largest absolute Gasteiger partial charge is 0.482 e. The molecule has 0 saturated carbocycles. The summed E-state index contributed by atoms with van der Waals surface area (Å²) < 4.78 is 10.2. The van der Waals surface area contributed by atoms with Crippen LogP contribution in [0.4, 0.5) is 5.69 Å². The maximum absolute atomic E-state index is 12.8. The standard InChI is InChI=1S/C24H21N5O4S/c1-2-32-22(30)15-33-18-11-7-17(8-12-18)24(31)25-20-5-3-4-6-21(20)34-19-13-9-16(10-14-19)23-26-28-29-27-23/h3-14H,2,15H2,1H3,(H,25,31)(H,26,27,28,29). The van der Waals surface area contributed by atoms with Crippen LogP contribution in [0.15, 0.2) is 82.6 Å². The SMILES string of the molecule is CCOC(=O)COc1ccc(C(=O)Nc2ccccc2Sc2ccc(-c3nn[nH]n3)cc2)cc1. The summed E-state index contributed by atoms with van der Waals surface area (Å²) in [4.78, 5) is 26.1. The Labute approximate surface area is 199 Å². The molecule has 10 heteroatoms. The molecule has 0 aliphatic rings. The molecule has 0 radical (unpaired) electrons. The zero-order valence-corrected chi connectivity index (χ0v) is 19.0. The highest BCUT2D eigenvalue weighted by atomic mass is 32.2. The summed E-state index contributed by atoms with van der Waals surface area (Å²) in [6.45, 7) is 1.85. The first-order valence-corrected chi connectivity index (χ1v) is 11.2. The van der Waals surface area contributed by atoms with Crippen molar-refractivity contribution in [2.45, 2.75) is 16.7 Å². The molecule has 0 aliphatic carbocycles. The molecule has 9 nitrogen and oxygen atoms in total. The van der Waals surface area contributed by atoms with E-state index in [0.717, 1.165) is 15.4 Å². The number of nitrogens with zero attached hydrogens (tertiary/aromatic N) is 3. The second-order valence-electron chi connectivity index (χ2n) is 6.93. The summed E-state index contributed by atoms with van der Waals surface area (Å²) in [6, 6.07) is 21.9. The maximum Gasteiger partial charge on any atom is 0.344 e. The second kappa shape index (κ2) is 11.1. The molecular formula is C24H21N5O4S. The van der Waals surface area contributed by atoms with Gasteiger partial charge < -0.3 is 14.8 Å². The minimum absolute atomic E-state index is 0.180. The Morgan fingerprint density at radius 2 is 1.76 bits per heavy atom. The summed E-state index contributed by atoms with van der Waals surface area (Å²) in [6.07, 6.45) is 0. The van der Waals surface area contributed by atoms with E-state index in [-0.39, 0.29) is 12.5 Å². The van der Waals surface area contributed by atoms with Gasteiger partial charge in [-0.3, -0.25) is 4.79 Å². The molecule has 1 aromatic heterocycles. The number of esters is 1. The van der Waals surface area contributed by atoms with Crippen LogP contribution in [0.3, 0.4) is 0 Å². The molecule has 0 bridgehead atoms. The summed E-state index contributed by atoms with van der Waals surface area (Å²) in [7, 11) is 0. The molecule has 0 atom stereocenters. The van der Waals surface area contributed by atoms with Crippen LogP contribution in [-0.4, -0.2) is 45.7 Å². The number of carbonyl (C=O) groups is 2. The molecule has 0 unspecified atom stereocenters. The van der Waals surface area contributed by atoms with Crippen molar-refractivity contribution in [3.63, 3.8) is 0 Å². The number of hydrogen-bond acceptors (Lipinski definition) is 8. The lowest BCUT2D eigenvalue weighted by Crippen LogP contribution is -2.15. The van der Waals surface area contributed by atoms with E-state index in [4.69, 9.17) is 9.47 Å². The van der Waals surface area contributed by atoms with Crippen molar-refractivity contribution in [2.75, 3.05) is 18.5 Å². The minimum atomic E-state index is -0.442. The van der Waals surface area contributed by atoms with E-state index in [9.17, 15) is 9.59 Å². The lowest BCUT2D eigenvalue weighted by Gasteiger charge is -2.11. The van der Waals surface area contributed by atoms with Crippen LogP contribution in [0.5, 0.6) is 5.75 Å². The highest BCUT2D eigenvalue weighted by Gasteiger charge is 2.11. The van der Waals surface area contributed by atoms with E-state index in [0.29, 0.717) is 29.4 Å². The Kier molecular flexibility index (Phi) is 7.51. The van der Waals surface area contributed by atoms with Gasteiger partial charge in [0.1, 0.15) is 5.75 Å². The van der Waals surface area contributed by atoms with Crippen LogP contribution >= 0.6 is 11.8 Å². The third kappa shape index (κ3) is 5.99. The van der Waals surface area contributed by atoms with Crippen molar-refractivity contribution in [3.05, 3.63) is 78.4 Å². The van der Waals surface area contributed by atoms with Gasteiger partial charge in [0, 0.05) is 20.9 Å². The summed E-state index contributed by atoms with van der Waals surface area (Å²) >= 11 is 1.53. The van der Waals surface area contributed by atoms with Gasteiger partial charge in [-0.1, -0.05) is 23.9 Å². The average molecular weight is 476 g/mol. The number of para-hydroxylation sites is 1. The van der Waals surface area contributed by atoms with Gasteiger partial charge in [-0.25, -0.2) is 4.79 Å². The van der Waals surface area contributed by atoms with Crippen LogP contribution < -0.4 is 10.1 Å². The molecule has 0 saturated heterocycles. The number of benzene rings is 3. The van der Waals surface area contributed by atoms with Crippen LogP contribution in [0.1, 0.15) is 17.3 Å². The smallest absolute Gasteiger partial charge is 0.344 e. The molecule has 34 heavy (non-hydrogen) atoms. The summed E-state index contributed by atoms with van der Waals surface area (Å²) in [5.41, 5.74) is 2.02. The lowest BCUT2D eigenvalue weighted by molar-refractivity contribution is -0.145. The van der Waals surface area contributed by atoms with Gasteiger partial charge in [-0.2, -0.15) is 5.21 Å². The van der Waals surface area contributed by atoms with Gasteiger partial charge in [-0.05, 0) is 72.8 Å². The first-order valence-electron chi connectivity index (χ1n) is 10.4. The number of aromatic nitrogens is 4. The zero-order chi connectivity index (χ0) is 23.8. The number of carbonyl (C=O) groups excluding carboxylic acids is 2. The van der Waals surface area contributed by atoms with Crippen LogP contribution in [-0.2, 0) is 9.53 Å². The van der Waals surface area contributed by atoms with Crippen molar-refractivity contribution >= 4 is 29.3 Å². The highest BCUT2D eigenvalue weighted by Crippen LogP contribution is 2.34. The van der Waals surface area contributed by atoms with Crippen LogP contribution in [0, 0.1) is 0 Å². The Balaban J connectivity index is 1.40.